The Bertz CT molecular complexity index is 696. The van der Waals surface area contributed by atoms with Gasteiger partial charge in [-0.05, 0) is 32.9 Å². The van der Waals surface area contributed by atoms with E-state index in [0.29, 0.717) is 25.5 Å². The molecule has 2 aromatic heterocycles. The van der Waals surface area contributed by atoms with Crippen molar-refractivity contribution in [2.24, 2.45) is 0 Å². The van der Waals surface area contributed by atoms with E-state index in [-0.39, 0.29) is 5.91 Å². The fourth-order valence-corrected chi connectivity index (χ4v) is 3.26. The van der Waals surface area contributed by atoms with Gasteiger partial charge in [0.05, 0.1) is 23.7 Å². The number of amides is 1. The van der Waals surface area contributed by atoms with Gasteiger partial charge in [-0.1, -0.05) is 0 Å². The maximum atomic E-state index is 12.6. The number of fused-ring (bicyclic) bond motifs is 1. The van der Waals surface area contributed by atoms with E-state index < -0.39 is 0 Å². The third-order valence-corrected chi connectivity index (χ3v) is 4.37. The average molecular weight is 303 g/mol. The molecule has 0 aromatic carbocycles. The van der Waals surface area contributed by atoms with Crippen LogP contribution in [0.4, 0.5) is 5.69 Å². The molecule has 0 aliphatic carbocycles. The number of aryl methyl sites for hydroxylation is 3. The lowest BCUT2D eigenvalue weighted by molar-refractivity contribution is -0.118. The van der Waals surface area contributed by atoms with Gasteiger partial charge in [0.1, 0.15) is 12.3 Å². The summed E-state index contributed by atoms with van der Waals surface area (Å²) in [6.45, 7) is 6.91. The lowest BCUT2D eigenvalue weighted by atomic mass is 10.2. The molecular weight excluding hydrogens is 286 g/mol. The largest absolute Gasteiger partial charge is 0.474 e. The van der Waals surface area contributed by atoms with Crippen LogP contribution in [0.3, 0.4) is 0 Å². The molecule has 5 nitrogen and oxygen atoms in total. The highest BCUT2D eigenvalue weighted by atomic mass is 32.1. The molecule has 0 atom stereocenters. The molecule has 1 aliphatic heterocycles. The van der Waals surface area contributed by atoms with E-state index in [1.807, 2.05) is 32.9 Å². The zero-order valence-electron chi connectivity index (χ0n) is 12.3. The summed E-state index contributed by atoms with van der Waals surface area (Å²) in [4.78, 5) is 24.2. The molecular formula is C15H17N3O2S. The molecule has 0 bridgehead atoms. The van der Waals surface area contributed by atoms with Gasteiger partial charge < -0.3 is 9.64 Å². The topological polar surface area (TPSA) is 55.3 Å². The molecule has 0 saturated carbocycles. The van der Waals surface area contributed by atoms with Crippen molar-refractivity contribution < 1.29 is 9.53 Å². The molecule has 3 heterocycles. The van der Waals surface area contributed by atoms with Crippen molar-refractivity contribution in [1.82, 2.24) is 9.97 Å². The highest BCUT2D eigenvalue weighted by Gasteiger charge is 2.25. The summed E-state index contributed by atoms with van der Waals surface area (Å²) in [5.41, 5.74) is 2.51. The highest BCUT2D eigenvalue weighted by Crippen LogP contribution is 2.30. The van der Waals surface area contributed by atoms with Crippen LogP contribution in [0, 0.1) is 20.8 Å². The van der Waals surface area contributed by atoms with E-state index in [1.165, 1.54) is 0 Å². The van der Waals surface area contributed by atoms with E-state index in [0.717, 1.165) is 27.0 Å². The summed E-state index contributed by atoms with van der Waals surface area (Å²) in [6.07, 6.45) is 0.323. The molecule has 21 heavy (non-hydrogen) atoms. The Hall–Kier alpha value is -1.95. The van der Waals surface area contributed by atoms with Gasteiger partial charge in [-0.2, -0.15) is 0 Å². The molecule has 0 fully saturated rings. The minimum atomic E-state index is 0.0404. The third-order valence-electron chi connectivity index (χ3n) is 3.44. The van der Waals surface area contributed by atoms with Crippen LogP contribution in [0.5, 0.6) is 5.88 Å². The quantitative estimate of drug-likeness (QED) is 0.855. The van der Waals surface area contributed by atoms with Crippen molar-refractivity contribution in [1.29, 1.82) is 0 Å². The first kappa shape index (κ1) is 14.0. The molecule has 110 valence electrons. The number of carbonyl (C=O) groups is 1. The SMILES string of the molecule is Cc1ccc2c(n1)OCCN2C(=O)Cc1nc(C)sc1C. The summed E-state index contributed by atoms with van der Waals surface area (Å²) < 4.78 is 5.54. The molecule has 0 saturated heterocycles. The Labute approximate surface area is 127 Å². The summed E-state index contributed by atoms with van der Waals surface area (Å²) >= 11 is 1.63. The van der Waals surface area contributed by atoms with Crippen LogP contribution in [0.25, 0.3) is 0 Å². The first-order valence-electron chi connectivity index (χ1n) is 6.88. The van der Waals surface area contributed by atoms with Crippen molar-refractivity contribution in [3.05, 3.63) is 33.4 Å². The van der Waals surface area contributed by atoms with Crippen molar-refractivity contribution in [2.75, 3.05) is 18.1 Å². The van der Waals surface area contributed by atoms with E-state index in [2.05, 4.69) is 9.97 Å². The molecule has 0 radical (unpaired) electrons. The summed E-state index contributed by atoms with van der Waals surface area (Å²) in [5.74, 6) is 0.583. The maximum absolute atomic E-state index is 12.6. The van der Waals surface area contributed by atoms with Crippen LogP contribution in [0.1, 0.15) is 21.3 Å². The van der Waals surface area contributed by atoms with Crippen LogP contribution in [0.2, 0.25) is 0 Å². The lowest BCUT2D eigenvalue weighted by Gasteiger charge is -2.28. The van der Waals surface area contributed by atoms with Crippen LogP contribution in [-0.2, 0) is 11.2 Å². The number of hydrogen-bond acceptors (Lipinski definition) is 5. The van der Waals surface area contributed by atoms with Gasteiger partial charge in [0, 0.05) is 10.6 Å². The molecule has 1 amide bonds. The first-order valence-corrected chi connectivity index (χ1v) is 7.70. The predicted octanol–water partition coefficient (Wildman–Crippen LogP) is 2.43. The number of thiazole rings is 1. The number of hydrogen-bond donors (Lipinski definition) is 0. The number of aromatic nitrogens is 2. The van der Waals surface area contributed by atoms with E-state index >= 15 is 0 Å². The summed E-state index contributed by atoms with van der Waals surface area (Å²) in [6, 6.07) is 3.79. The average Bonchev–Trinajstić information content (AvgIpc) is 2.75. The second-order valence-corrected chi connectivity index (χ2v) is 6.49. The van der Waals surface area contributed by atoms with Gasteiger partial charge in [0.2, 0.25) is 11.8 Å². The zero-order valence-corrected chi connectivity index (χ0v) is 13.2. The van der Waals surface area contributed by atoms with E-state index in [4.69, 9.17) is 4.74 Å². The molecule has 1 aliphatic rings. The van der Waals surface area contributed by atoms with Gasteiger partial charge >= 0.3 is 0 Å². The second-order valence-electron chi connectivity index (χ2n) is 5.08. The number of nitrogens with zero attached hydrogens (tertiary/aromatic N) is 3. The summed E-state index contributed by atoms with van der Waals surface area (Å²) in [5, 5.41) is 0.995. The smallest absolute Gasteiger partial charge is 0.238 e. The fourth-order valence-electron chi connectivity index (χ4n) is 2.43. The maximum Gasteiger partial charge on any atom is 0.238 e. The number of anilines is 1. The molecule has 0 N–H and O–H groups in total. The number of rotatable bonds is 2. The Kier molecular flexibility index (Phi) is 3.63. The van der Waals surface area contributed by atoms with Crippen molar-refractivity contribution >= 4 is 22.9 Å². The Morgan fingerprint density at radius 2 is 2.14 bits per heavy atom. The normalized spacial score (nSPS) is 13.8. The van der Waals surface area contributed by atoms with Gasteiger partial charge in [0.25, 0.3) is 0 Å². The monoisotopic (exact) mass is 303 g/mol. The van der Waals surface area contributed by atoms with Gasteiger partial charge in [-0.15, -0.1) is 11.3 Å². The molecule has 3 rings (SSSR count). The van der Waals surface area contributed by atoms with Crippen LogP contribution < -0.4 is 9.64 Å². The predicted molar refractivity (Wildman–Crippen MR) is 82.1 cm³/mol. The molecule has 0 unspecified atom stereocenters. The first-order chi connectivity index (χ1) is 10.0. The van der Waals surface area contributed by atoms with Crippen LogP contribution in [-0.4, -0.2) is 29.0 Å². The fraction of sp³-hybridized carbons (Fsp3) is 0.400. The van der Waals surface area contributed by atoms with E-state index in [9.17, 15) is 4.79 Å². The Morgan fingerprint density at radius 3 is 2.86 bits per heavy atom. The van der Waals surface area contributed by atoms with Crippen LogP contribution in [0.15, 0.2) is 12.1 Å². The minimum Gasteiger partial charge on any atom is -0.474 e. The van der Waals surface area contributed by atoms with Crippen LogP contribution >= 0.6 is 11.3 Å². The molecule has 2 aromatic rings. The van der Waals surface area contributed by atoms with E-state index in [1.54, 1.807) is 16.2 Å². The van der Waals surface area contributed by atoms with Crippen molar-refractivity contribution in [3.8, 4) is 5.88 Å². The Morgan fingerprint density at radius 1 is 1.33 bits per heavy atom. The standard InChI is InChI=1S/C15H17N3O2S/c1-9-4-5-13-15(16-9)20-7-6-18(13)14(19)8-12-10(2)21-11(3)17-12/h4-5H,6-8H2,1-3H3. The number of ether oxygens (including phenoxy) is 1. The molecule has 0 spiro atoms. The van der Waals surface area contributed by atoms with Gasteiger partial charge in [-0.25, -0.2) is 9.97 Å². The highest BCUT2D eigenvalue weighted by molar-refractivity contribution is 7.11. The van der Waals surface area contributed by atoms with Gasteiger partial charge in [0.15, 0.2) is 0 Å². The summed E-state index contributed by atoms with van der Waals surface area (Å²) in [7, 11) is 0. The van der Waals surface area contributed by atoms with Crippen molar-refractivity contribution in [2.45, 2.75) is 27.2 Å². The number of carbonyl (C=O) groups excluding carboxylic acids is 1. The lowest BCUT2D eigenvalue weighted by Crippen LogP contribution is -2.39. The van der Waals surface area contributed by atoms with Crippen molar-refractivity contribution in [3.63, 3.8) is 0 Å². The van der Waals surface area contributed by atoms with Gasteiger partial charge in [-0.3, -0.25) is 4.79 Å². The Balaban J connectivity index is 1.85. The minimum absolute atomic E-state index is 0.0404. The third kappa shape index (κ3) is 2.76. The number of pyridine rings is 1. The second kappa shape index (κ2) is 5.44. The molecule has 6 heteroatoms. The zero-order chi connectivity index (χ0) is 15.0.